The van der Waals surface area contributed by atoms with Crippen molar-refractivity contribution in [3.05, 3.63) is 17.4 Å². The van der Waals surface area contributed by atoms with Crippen LogP contribution in [0.25, 0.3) is 0 Å². The van der Waals surface area contributed by atoms with Gasteiger partial charge in [-0.1, -0.05) is 11.6 Å². The van der Waals surface area contributed by atoms with Gasteiger partial charge in [0.05, 0.1) is 11.2 Å². The second-order valence-electron chi connectivity index (χ2n) is 7.77. The zero-order chi connectivity index (χ0) is 15.3. The van der Waals surface area contributed by atoms with Gasteiger partial charge in [-0.25, -0.2) is 0 Å². The monoisotopic (exact) mass is 321 g/mol. The van der Waals surface area contributed by atoms with E-state index in [1.807, 2.05) is 7.05 Å². The fourth-order valence-electron chi connectivity index (χ4n) is 5.58. The largest absolute Gasteiger partial charge is 0.340 e. The molecule has 4 aliphatic rings. The Morgan fingerprint density at radius 1 is 1.32 bits per heavy atom. The maximum atomic E-state index is 12.7. The van der Waals surface area contributed by atoms with Gasteiger partial charge < -0.3 is 4.90 Å². The molecule has 4 saturated carbocycles. The molecule has 22 heavy (non-hydrogen) atoms. The number of carbonyl (C=O) groups is 1. The van der Waals surface area contributed by atoms with Gasteiger partial charge in [0, 0.05) is 31.7 Å². The Morgan fingerprint density at radius 2 is 1.91 bits per heavy atom. The summed E-state index contributed by atoms with van der Waals surface area (Å²) in [6.07, 6.45) is 11.8. The Labute approximate surface area is 136 Å². The molecule has 4 fully saturated rings. The summed E-state index contributed by atoms with van der Waals surface area (Å²) in [5.74, 6) is 2.86. The molecule has 120 valence electrons. The molecule has 0 atom stereocenters. The molecule has 1 aromatic rings. The minimum absolute atomic E-state index is 0.160. The Hall–Kier alpha value is -1.03. The lowest BCUT2D eigenvalue weighted by Gasteiger charge is -2.59. The van der Waals surface area contributed by atoms with Crippen molar-refractivity contribution in [1.82, 2.24) is 14.7 Å². The number of amides is 1. The standard InChI is InChI=1S/C17H24ClN3O/c1-20(16(22)2-3-21-11-15(18)10-19-21)17-7-12-4-13(8-17)6-14(5-12)9-17/h10-14H,2-9H2,1H3. The van der Waals surface area contributed by atoms with E-state index in [4.69, 9.17) is 11.6 Å². The normalized spacial score (nSPS) is 35.8. The highest BCUT2D eigenvalue weighted by atomic mass is 35.5. The summed E-state index contributed by atoms with van der Waals surface area (Å²) in [7, 11) is 2.03. The van der Waals surface area contributed by atoms with Crippen LogP contribution in [0.2, 0.25) is 5.02 Å². The maximum absolute atomic E-state index is 12.7. The number of nitrogens with zero attached hydrogens (tertiary/aromatic N) is 3. The van der Waals surface area contributed by atoms with E-state index >= 15 is 0 Å². The number of hydrogen-bond donors (Lipinski definition) is 0. The molecule has 1 amide bonds. The van der Waals surface area contributed by atoms with Crippen LogP contribution in [0, 0.1) is 17.8 Å². The van der Waals surface area contributed by atoms with E-state index in [2.05, 4.69) is 10.00 Å². The third-order valence-electron chi connectivity index (χ3n) is 6.25. The lowest BCUT2D eigenvalue weighted by Crippen LogP contribution is -2.60. The van der Waals surface area contributed by atoms with Crippen LogP contribution in [0.4, 0.5) is 0 Å². The molecule has 0 aromatic carbocycles. The van der Waals surface area contributed by atoms with E-state index in [0.717, 1.165) is 17.8 Å². The van der Waals surface area contributed by atoms with Crippen molar-refractivity contribution < 1.29 is 4.79 Å². The molecular formula is C17H24ClN3O. The van der Waals surface area contributed by atoms with Gasteiger partial charge in [-0.15, -0.1) is 0 Å². The predicted molar refractivity (Wildman–Crippen MR) is 85.5 cm³/mol. The van der Waals surface area contributed by atoms with Crippen LogP contribution in [-0.2, 0) is 11.3 Å². The smallest absolute Gasteiger partial charge is 0.224 e. The Kier molecular flexibility index (Phi) is 3.48. The zero-order valence-corrected chi connectivity index (χ0v) is 13.9. The minimum Gasteiger partial charge on any atom is -0.340 e. The van der Waals surface area contributed by atoms with Crippen molar-refractivity contribution in [2.24, 2.45) is 17.8 Å². The van der Waals surface area contributed by atoms with Crippen molar-refractivity contribution in [2.75, 3.05) is 7.05 Å². The van der Waals surface area contributed by atoms with E-state index in [1.54, 1.807) is 17.1 Å². The molecule has 1 heterocycles. The van der Waals surface area contributed by atoms with Crippen molar-refractivity contribution in [3.8, 4) is 0 Å². The van der Waals surface area contributed by atoms with Gasteiger partial charge in [0.15, 0.2) is 0 Å². The van der Waals surface area contributed by atoms with Crippen LogP contribution in [0.1, 0.15) is 44.9 Å². The van der Waals surface area contributed by atoms with E-state index < -0.39 is 0 Å². The molecule has 0 radical (unpaired) electrons. The van der Waals surface area contributed by atoms with E-state index in [-0.39, 0.29) is 11.4 Å². The van der Waals surface area contributed by atoms with Crippen LogP contribution in [0.3, 0.4) is 0 Å². The highest BCUT2D eigenvalue weighted by molar-refractivity contribution is 6.30. The summed E-state index contributed by atoms with van der Waals surface area (Å²) in [5, 5.41) is 4.78. The quantitative estimate of drug-likeness (QED) is 0.853. The molecule has 0 unspecified atom stereocenters. The molecule has 5 heteroatoms. The summed E-state index contributed by atoms with van der Waals surface area (Å²) < 4.78 is 1.76. The lowest BCUT2D eigenvalue weighted by molar-refractivity contribution is -0.147. The van der Waals surface area contributed by atoms with Crippen molar-refractivity contribution in [1.29, 1.82) is 0 Å². The number of aromatic nitrogens is 2. The first-order valence-corrected chi connectivity index (χ1v) is 8.86. The second-order valence-corrected chi connectivity index (χ2v) is 8.20. The number of rotatable bonds is 4. The summed E-state index contributed by atoms with van der Waals surface area (Å²) in [6.45, 7) is 0.613. The number of hydrogen-bond acceptors (Lipinski definition) is 2. The molecule has 4 aliphatic carbocycles. The highest BCUT2D eigenvalue weighted by Crippen LogP contribution is 2.57. The molecule has 5 rings (SSSR count). The van der Waals surface area contributed by atoms with Crippen molar-refractivity contribution in [3.63, 3.8) is 0 Å². The molecule has 0 N–H and O–H groups in total. The van der Waals surface area contributed by atoms with Gasteiger partial charge in [0.2, 0.25) is 5.91 Å². The topological polar surface area (TPSA) is 38.1 Å². The molecule has 4 nitrogen and oxygen atoms in total. The first-order valence-electron chi connectivity index (χ1n) is 8.49. The number of halogens is 1. The summed E-state index contributed by atoms with van der Waals surface area (Å²) in [5.41, 5.74) is 0.160. The van der Waals surface area contributed by atoms with Crippen LogP contribution >= 0.6 is 11.6 Å². The van der Waals surface area contributed by atoms with Crippen molar-refractivity contribution >= 4 is 17.5 Å². The molecule has 4 bridgehead atoms. The van der Waals surface area contributed by atoms with E-state index in [1.165, 1.54) is 38.5 Å². The van der Waals surface area contributed by atoms with E-state index in [0.29, 0.717) is 18.0 Å². The SMILES string of the molecule is CN(C(=O)CCn1cc(Cl)cn1)C12CC3CC(CC(C3)C1)C2. The van der Waals surface area contributed by atoms with Crippen LogP contribution in [0.5, 0.6) is 0 Å². The highest BCUT2D eigenvalue weighted by Gasteiger charge is 2.53. The van der Waals surface area contributed by atoms with Gasteiger partial charge in [-0.05, 0) is 56.3 Å². The fraction of sp³-hybridized carbons (Fsp3) is 0.765. The average molecular weight is 322 g/mol. The minimum atomic E-state index is 0.160. The summed E-state index contributed by atoms with van der Waals surface area (Å²) >= 11 is 5.87. The van der Waals surface area contributed by atoms with Gasteiger partial charge in [-0.2, -0.15) is 5.10 Å². The Balaban J connectivity index is 1.42. The fourth-order valence-corrected chi connectivity index (χ4v) is 5.74. The molecule has 0 saturated heterocycles. The van der Waals surface area contributed by atoms with E-state index in [9.17, 15) is 4.79 Å². The first kappa shape index (κ1) is 14.6. The molecule has 0 spiro atoms. The summed E-state index contributed by atoms with van der Waals surface area (Å²) in [4.78, 5) is 14.8. The molecule has 1 aromatic heterocycles. The van der Waals surface area contributed by atoms with Gasteiger partial charge in [0.1, 0.15) is 0 Å². The molecule has 0 aliphatic heterocycles. The van der Waals surface area contributed by atoms with Gasteiger partial charge in [-0.3, -0.25) is 9.48 Å². The summed E-state index contributed by atoms with van der Waals surface area (Å²) in [6, 6.07) is 0. The lowest BCUT2D eigenvalue weighted by atomic mass is 9.52. The average Bonchev–Trinajstić information content (AvgIpc) is 2.88. The van der Waals surface area contributed by atoms with Gasteiger partial charge in [0.25, 0.3) is 0 Å². The third-order valence-corrected chi connectivity index (χ3v) is 6.44. The third kappa shape index (κ3) is 2.45. The van der Waals surface area contributed by atoms with Crippen molar-refractivity contribution in [2.45, 2.75) is 57.0 Å². The van der Waals surface area contributed by atoms with Gasteiger partial charge >= 0.3 is 0 Å². The van der Waals surface area contributed by atoms with Crippen LogP contribution < -0.4 is 0 Å². The zero-order valence-electron chi connectivity index (χ0n) is 13.2. The number of carbonyl (C=O) groups excluding carboxylic acids is 1. The van der Waals surface area contributed by atoms with Crippen LogP contribution in [-0.4, -0.2) is 33.2 Å². The predicted octanol–water partition coefficient (Wildman–Crippen LogP) is 3.35. The first-order chi connectivity index (χ1) is 10.5. The second kappa shape index (κ2) is 5.26. The number of aryl methyl sites for hydroxylation is 1. The Morgan fingerprint density at radius 3 is 2.41 bits per heavy atom. The Bertz CT molecular complexity index is 547. The van der Waals surface area contributed by atoms with Crippen LogP contribution in [0.15, 0.2) is 12.4 Å². The molecular weight excluding hydrogens is 298 g/mol. The maximum Gasteiger partial charge on any atom is 0.224 e.